The quantitative estimate of drug-likeness (QED) is 0.867. The number of piperazine rings is 1. The molecule has 0 saturated carbocycles. The van der Waals surface area contributed by atoms with Gasteiger partial charge in [0.15, 0.2) is 0 Å². The second-order valence-electron chi connectivity index (χ2n) is 5.68. The highest BCUT2D eigenvalue weighted by atomic mass is 16.3. The van der Waals surface area contributed by atoms with Crippen molar-refractivity contribution in [3.63, 3.8) is 0 Å². The average Bonchev–Trinajstić information content (AvgIpc) is 2.47. The summed E-state index contributed by atoms with van der Waals surface area (Å²) in [5.74, 6) is 0.364. The Balaban J connectivity index is 2.15. The summed E-state index contributed by atoms with van der Waals surface area (Å²) in [6, 6.07) is 6.92. The van der Waals surface area contributed by atoms with E-state index in [0.29, 0.717) is 0 Å². The third-order valence-electron chi connectivity index (χ3n) is 4.00. The summed E-state index contributed by atoms with van der Waals surface area (Å²) in [5, 5.41) is 12.6. The fraction of sp³-hybridized carbons (Fsp3) is 0.533. The molecule has 2 rings (SSSR count). The predicted octanol–water partition coefficient (Wildman–Crippen LogP) is 1.04. The van der Waals surface area contributed by atoms with Crippen molar-refractivity contribution in [1.29, 1.82) is 0 Å². The standard InChI is InChI=1S/C15H23N3O2/c1-15(2,14(20)18-10-8-16-9-11-18)17(3)12-4-6-13(19)7-5-12/h4-7,16,19H,8-11H2,1-3H3. The highest BCUT2D eigenvalue weighted by Gasteiger charge is 2.36. The Kier molecular flexibility index (Phi) is 4.18. The van der Waals surface area contributed by atoms with E-state index in [2.05, 4.69) is 5.32 Å². The minimum absolute atomic E-state index is 0.134. The molecular formula is C15H23N3O2. The minimum Gasteiger partial charge on any atom is -0.508 e. The maximum absolute atomic E-state index is 12.7. The Labute approximate surface area is 120 Å². The molecule has 0 bridgehead atoms. The van der Waals surface area contributed by atoms with E-state index >= 15 is 0 Å². The van der Waals surface area contributed by atoms with Crippen molar-refractivity contribution in [2.24, 2.45) is 0 Å². The number of hydrogen-bond donors (Lipinski definition) is 2. The monoisotopic (exact) mass is 277 g/mol. The number of nitrogens with zero attached hydrogens (tertiary/aromatic N) is 2. The summed E-state index contributed by atoms with van der Waals surface area (Å²) >= 11 is 0. The van der Waals surface area contributed by atoms with Gasteiger partial charge >= 0.3 is 0 Å². The maximum Gasteiger partial charge on any atom is 0.247 e. The van der Waals surface area contributed by atoms with Gasteiger partial charge in [0.1, 0.15) is 11.3 Å². The summed E-state index contributed by atoms with van der Waals surface area (Å²) in [6.45, 7) is 7.08. The van der Waals surface area contributed by atoms with Crippen LogP contribution in [0.1, 0.15) is 13.8 Å². The number of aromatic hydroxyl groups is 1. The van der Waals surface area contributed by atoms with Crippen LogP contribution in [0.15, 0.2) is 24.3 Å². The first-order valence-electron chi connectivity index (χ1n) is 6.96. The van der Waals surface area contributed by atoms with Crippen LogP contribution in [0, 0.1) is 0 Å². The van der Waals surface area contributed by atoms with E-state index in [9.17, 15) is 9.90 Å². The summed E-state index contributed by atoms with van der Waals surface area (Å²) in [5.41, 5.74) is 0.296. The van der Waals surface area contributed by atoms with Gasteiger partial charge in [-0.15, -0.1) is 0 Å². The number of nitrogens with one attached hydrogen (secondary N) is 1. The van der Waals surface area contributed by atoms with Crippen molar-refractivity contribution in [3.05, 3.63) is 24.3 Å². The number of hydrogen-bond acceptors (Lipinski definition) is 4. The summed E-state index contributed by atoms with van der Waals surface area (Å²) in [6.07, 6.45) is 0. The first-order valence-corrected chi connectivity index (χ1v) is 6.96. The Morgan fingerprint density at radius 2 is 1.80 bits per heavy atom. The molecule has 1 aliphatic heterocycles. The molecule has 1 aliphatic rings. The van der Waals surface area contributed by atoms with Crippen LogP contribution in [-0.2, 0) is 4.79 Å². The van der Waals surface area contributed by atoms with Gasteiger partial charge in [-0.3, -0.25) is 4.79 Å². The van der Waals surface area contributed by atoms with Crippen LogP contribution < -0.4 is 10.2 Å². The zero-order chi connectivity index (χ0) is 14.8. The molecule has 1 amide bonds. The summed E-state index contributed by atoms with van der Waals surface area (Å²) < 4.78 is 0. The van der Waals surface area contributed by atoms with Gasteiger partial charge in [0, 0.05) is 38.9 Å². The maximum atomic E-state index is 12.7. The van der Waals surface area contributed by atoms with Crippen LogP contribution in [0.3, 0.4) is 0 Å². The van der Waals surface area contributed by atoms with Crippen molar-refractivity contribution < 1.29 is 9.90 Å². The second-order valence-corrected chi connectivity index (χ2v) is 5.68. The average molecular weight is 277 g/mol. The third kappa shape index (κ3) is 2.88. The largest absolute Gasteiger partial charge is 0.508 e. The molecule has 0 aromatic heterocycles. The lowest BCUT2D eigenvalue weighted by Gasteiger charge is -2.41. The molecule has 5 nitrogen and oxygen atoms in total. The van der Waals surface area contributed by atoms with E-state index < -0.39 is 5.54 Å². The van der Waals surface area contributed by atoms with E-state index in [1.54, 1.807) is 12.1 Å². The highest BCUT2D eigenvalue weighted by Crippen LogP contribution is 2.25. The van der Waals surface area contributed by atoms with Gasteiger partial charge in [0.25, 0.3) is 0 Å². The second kappa shape index (κ2) is 5.71. The molecule has 1 fully saturated rings. The normalized spacial score (nSPS) is 16.1. The Hall–Kier alpha value is -1.75. The molecule has 2 N–H and O–H groups in total. The van der Waals surface area contributed by atoms with Crippen LogP contribution in [0.4, 0.5) is 5.69 Å². The van der Waals surface area contributed by atoms with Gasteiger partial charge in [0.2, 0.25) is 5.91 Å². The number of carbonyl (C=O) groups excluding carboxylic acids is 1. The number of phenols is 1. The van der Waals surface area contributed by atoms with Crippen LogP contribution in [0.25, 0.3) is 0 Å². The highest BCUT2D eigenvalue weighted by molar-refractivity contribution is 5.89. The van der Waals surface area contributed by atoms with Crippen LogP contribution in [0.2, 0.25) is 0 Å². The van der Waals surface area contributed by atoms with Crippen molar-refractivity contribution in [3.8, 4) is 5.75 Å². The SMILES string of the molecule is CN(c1ccc(O)cc1)C(C)(C)C(=O)N1CCNCC1. The molecule has 1 aromatic carbocycles. The number of benzene rings is 1. The molecule has 1 heterocycles. The summed E-state index contributed by atoms with van der Waals surface area (Å²) in [7, 11) is 1.91. The molecule has 5 heteroatoms. The Morgan fingerprint density at radius 1 is 1.25 bits per heavy atom. The molecule has 110 valence electrons. The van der Waals surface area contributed by atoms with E-state index in [1.165, 1.54) is 0 Å². The molecule has 0 aliphatic carbocycles. The van der Waals surface area contributed by atoms with Crippen LogP contribution >= 0.6 is 0 Å². The molecule has 0 spiro atoms. The zero-order valence-corrected chi connectivity index (χ0v) is 12.4. The molecular weight excluding hydrogens is 254 g/mol. The molecule has 0 radical (unpaired) electrons. The van der Waals surface area contributed by atoms with Crippen molar-refractivity contribution in [1.82, 2.24) is 10.2 Å². The molecule has 20 heavy (non-hydrogen) atoms. The number of likely N-dealkylation sites (N-methyl/N-ethyl adjacent to an activating group) is 1. The Bertz CT molecular complexity index is 465. The zero-order valence-electron chi connectivity index (χ0n) is 12.4. The molecule has 1 aromatic rings. The fourth-order valence-corrected chi connectivity index (χ4v) is 2.40. The van der Waals surface area contributed by atoms with E-state index in [1.807, 2.05) is 42.8 Å². The summed E-state index contributed by atoms with van der Waals surface area (Å²) in [4.78, 5) is 16.6. The predicted molar refractivity (Wildman–Crippen MR) is 80.0 cm³/mol. The lowest BCUT2D eigenvalue weighted by Crippen LogP contribution is -2.58. The van der Waals surface area contributed by atoms with Gasteiger partial charge in [-0.25, -0.2) is 0 Å². The van der Waals surface area contributed by atoms with E-state index in [4.69, 9.17) is 0 Å². The molecule has 1 saturated heterocycles. The first-order chi connectivity index (χ1) is 9.43. The number of phenolic OH excluding ortho intramolecular Hbond substituents is 1. The van der Waals surface area contributed by atoms with Crippen LogP contribution in [0.5, 0.6) is 5.75 Å². The van der Waals surface area contributed by atoms with Crippen molar-refractivity contribution >= 4 is 11.6 Å². The lowest BCUT2D eigenvalue weighted by atomic mass is 9.99. The molecule has 0 unspecified atom stereocenters. The van der Waals surface area contributed by atoms with Gasteiger partial charge in [-0.2, -0.15) is 0 Å². The van der Waals surface area contributed by atoms with E-state index in [-0.39, 0.29) is 11.7 Å². The smallest absolute Gasteiger partial charge is 0.247 e. The van der Waals surface area contributed by atoms with Crippen LogP contribution in [-0.4, -0.2) is 54.7 Å². The van der Waals surface area contributed by atoms with Gasteiger partial charge in [0.05, 0.1) is 0 Å². The number of amides is 1. The van der Waals surface area contributed by atoms with Crippen molar-refractivity contribution in [2.45, 2.75) is 19.4 Å². The number of carbonyl (C=O) groups is 1. The van der Waals surface area contributed by atoms with Gasteiger partial charge < -0.3 is 20.2 Å². The lowest BCUT2D eigenvalue weighted by molar-refractivity contribution is -0.136. The van der Waals surface area contributed by atoms with E-state index in [0.717, 1.165) is 31.9 Å². The van der Waals surface area contributed by atoms with Gasteiger partial charge in [-0.1, -0.05) is 0 Å². The Morgan fingerprint density at radius 3 is 2.35 bits per heavy atom. The number of anilines is 1. The fourth-order valence-electron chi connectivity index (χ4n) is 2.40. The minimum atomic E-state index is -0.617. The van der Waals surface area contributed by atoms with Gasteiger partial charge in [-0.05, 0) is 38.1 Å². The first kappa shape index (κ1) is 14.7. The third-order valence-corrected chi connectivity index (χ3v) is 4.00. The number of rotatable bonds is 3. The topological polar surface area (TPSA) is 55.8 Å². The molecule has 0 atom stereocenters. The van der Waals surface area contributed by atoms with Crippen molar-refractivity contribution in [2.75, 3.05) is 38.1 Å².